The topological polar surface area (TPSA) is 44.8 Å². The van der Waals surface area contributed by atoms with E-state index in [9.17, 15) is 4.79 Å². The van der Waals surface area contributed by atoms with Gasteiger partial charge >= 0.3 is 5.97 Å². The van der Waals surface area contributed by atoms with E-state index in [1.165, 1.54) is 32.1 Å². The van der Waals surface area contributed by atoms with Crippen LogP contribution in [0.2, 0.25) is 0 Å². The number of carbonyl (C=O) groups is 1. The lowest BCUT2D eigenvalue weighted by Crippen LogP contribution is -2.51. The van der Waals surface area contributed by atoms with Crippen molar-refractivity contribution in [3.63, 3.8) is 0 Å². The number of benzene rings is 1. The summed E-state index contributed by atoms with van der Waals surface area (Å²) in [5.41, 5.74) is -0.482. The zero-order chi connectivity index (χ0) is 21.5. The molecule has 1 aromatic rings. The van der Waals surface area contributed by atoms with Crippen molar-refractivity contribution in [3.05, 3.63) is 24.3 Å². The maximum absolute atomic E-state index is 12.3. The van der Waals surface area contributed by atoms with Gasteiger partial charge in [-0.3, -0.25) is 4.79 Å². The highest BCUT2D eigenvalue weighted by molar-refractivity contribution is 5.78. The second-order valence-electron chi connectivity index (χ2n) is 10.9. The van der Waals surface area contributed by atoms with Crippen LogP contribution in [-0.4, -0.2) is 18.4 Å². The van der Waals surface area contributed by atoms with Crippen molar-refractivity contribution in [2.45, 2.75) is 85.5 Å². The van der Waals surface area contributed by atoms with E-state index in [0.29, 0.717) is 11.9 Å². The molecule has 0 aromatic heterocycles. The zero-order valence-electron chi connectivity index (χ0n) is 19.2. The number of esters is 1. The third kappa shape index (κ3) is 4.54. The van der Waals surface area contributed by atoms with E-state index >= 15 is 0 Å². The first kappa shape index (κ1) is 21.7. The van der Waals surface area contributed by atoms with Crippen LogP contribution in [0.15, 0.2) is 24.3 Å². The molecule has 4 aliphatic rings. The van der Waals surface area contributed by atoms with Crippen molar-refractivity contribution >= 4 is 5.97 Å². The van der Waals surface area contributed by atoms with E-state index in [0.717, 1.165) is 35.8 Å². The molecule has 5 rings (SSSR count). The molecule has 4 fully saturated rings. The van der Waals surface area contributed by atoms with E-state index in [4.69, 9.17) is 14.2 Å². The van der Waals surface area contributed by atoms with Gasteiger partial charge in [-0.15, -0.1) is 0 Å². The largest absolute Gasteiger partial charge is 0.465 e. The van der Waals surface area contributed by atoms with Crippen molar-refractivity contribution in [2.24, 2.45) is 35.0 Å². The molecule has 0 spiro atoms. The van der Waals surface area contributed by atoms with Crippen molar-refractivity contribution in [1.82, 2.24) is 0 Å². The van der Waals surface area contributed by atoms with Crippen LogP contribution >= 0.6 is 0 Å². The molecule has 0 amide bonds. The van der Waals surface area contributed by atoms with Crippen LogP contribution < -0.4 is 9.47 Å². The van der Waals surface area contributed by atoms with E-state index in [-0.39, 0.29) is 18.2 Å². The summed E-state index contributed by atoms with van der Waals surface area (Å²) in [6.45, 7) is 10.1. The minimum atomic E-state index is -0.482. The van der Waals surface area contributed by atoms with E-state index < -0.39 is 5.41 Å². The number of carbonyl (C=O) groups excluding carboxylic acids is 1. The molecular weight excluding hydrogens is 376 g/mol. The predicted octanol–water partition coefficient (Wildman–Crippen LogP) is 6.23. The Kier molecular flexibility index (Phi) is 6.16. The summed E-state index contributed by atoms with van der Waals surface area (Å²) in [4.78, 5) is 12.3. The fourth-order valence-electron chi connectivity index (χ4n) is 5.68. The van der Waals surface area contributed by atoms with Gasteiger partial charge in [0.25, 0.3) is 0 Å². The first-order valence-electron chi connectivity index (χ1n) is 11.9. The number of hydrogen-bond acceptors (Lipinski definition) is 4. The van der Waals surface area contributed by atoms with Gasteiger partial charge < -0.3 is 14.2 Å². The Morgan fingerprint density at radius 3 is 2.00 bits per heavy atom. The smallest absolute Gasteiger partial charge is 0.316 e. The van der Waals surface area contributed by atoms with Gasteiger partial charge in [0.15, 0.2) is 0 Å². The summed E-state index contributed by atoms with van der Waals surface area (Å²) in [6.07, 6.45) is 7.67. The van der Waals surface area contributed by atoms with Gasteiger partial charge in [-0.05, 0) is 100 Å². The summed E-state index contributed by atoms with van der Waals surface area (Å²) in [7, 11) is 0. The zero-order valence-corrected chi connectivity index (χ0v) is 19.2. The standard InChI is InChI=1S/C26H38O4/c1-6-26(4,5)25(27)29-22-9-7-21(8-10-22)28-24(16(2)3)30-23-19-12-17-11-18(14-19)15-20(23)13-17/h7-10,16-20,23-24H,6,11-15H2,1-5H3. The molecule has 4 heteroatoms. The average Bonchev–Trinajstić information content (AvgIpc) is 2.70. The molecule has 0 heterocycles. The summed E-state index contributed by atoms with van der Waals surface area (Å²) < 4.78 is 18.4. The van der Waals surface area contributed by atoms with Gasteiger partial charge in [-0.2, -0.15) is 0 Å². The molecule has 1 unspecified atom stereocenters. The Morgan fingerprint density at radius 1 is 0.967 bits per heavy atom. The van der Waals surface area contributed by atoms with Crippen LogP contribution in [0, 0.1) is 35.0 Å². The Morgan fingerprint density at radius 2 is 1.50 bits per heavy atom. The molecule has 30 heavy (non-hydrogen) atoms. The van der Waals surface area contributed by atoms with Crippen LogP contribution in [0.5, 0.6) is 11.5 Å². The van der Waals surface area contributed by atoms with Gasteiger partial charge in [0.1, 0.15) is 11.5 Å². The lowest BCUT2D eigenvalue weighted by molar-refractivity contribution is -0.210. The van der Waals surface area contributed by atoms with E-state index in [2.05, 4.69) is 13.8 Å². The van der Waals surface area contributed by atoms with Gasteiger partial charge in [-0.1, -0.05) is 20.8 Å². The molecule has 0 aliphatic heterocycles. The normalized spacial score (nSPS) is 31.1. The summed E-state index contributed by atoms with van der Waals surface area (Å²) >= 11 is 0. The van der Waals surface area contributed by atoms with Gasteiger partial charge in [0.2, 0.25) is 6.29 Å². The molecule has 1 atom stereocenters. The minimum absolute atomic E-state index is 0.205. The summed E-state index contributed by atoms with van der Waals surface area (Å²) in [6, 6.07) is 7.35. The predicted molar refractivity (Wildman–Crippen MR) is 117 cm³/mol. The fraction of sp³-hybridized carbons (Fsp3) is 0.731. The van der Waals surface area contributed by atoms with Crippen molar-refractivity contribution in [3.8, 4) is 11.5 Å². The average molecular weight is 415 g/mol. The maximum Gasteiger partial charge on any atom is 0.316 e. The fourth-order valence-corrected chi connectivity index (χ4v) is 5.68. The van der Waals surface area contributed by atoms with Crippen LogP contribution in [-0.2, 0) is 9.53 Å². The molecule has 166 valence electrons. The highest BCUT2D eigenvalue weighted by atomic mass is 16.7. The van der Waals surface area contributed by atoms with Crippen LogP contribution in [0.4, 0.5) is 0 Å². The molecule has 4 nitrogen and oxygen atoms in total. The van der Waals surface area contributed by atoms with Crippen molar-refractivity contribution in [2.75, 3.05) is 0 Å². The second kappa shape index (κ2) is 8.53. The van der Waals surface area contributed by atoms with Crippen LogP contribution in [0.3, 0.4) is 0 Å². The van der Waals surface area contributed by atoms with Crippen LogP contribution in [0.25, 0.3) is 0 Å². The lowest BCUT2D eigenvalue weighted by Gasteiger charge is -2.54. The van der Waals surface area contributed by atoms with Gasteiger partial charge in [0.05, 0.1) is 11.5 Å². The lowest BCUT2D eigenvalue weighted by atomic mass is 9.55. The third-order valence-corrected chi connectivity index (χ3v) is 7.70. The van der Waals surface area contributed by atoms with Crippen molar-refractivity contribution in [1.29, 1.82) is 0 Å². The quantitative estimate of drug-likeness (QED) is 0.287. The summed E-state index contributed by atoms with van der Waals surface area (Å²) in [5, 5.41) is 0. The Hall–Kier alpha value is -1.55. The van der Waals surface area contributed by atoms with Crippen molar-refractivity contribution < 1.29 is 19.0 Å². The monoisotopic (exact) mass is 414 g/mol. The summed E-state index contributed by atoms with van der Waals surface area (Å²) in [5.74, 6) is 4.69. The molecule has 1 aromatic carbocycles. The highest BCUT2D eigenvalue weighted by Crippen LogP contribution is 2.55. The van der Waals surface area contributed by atoms with E-state index in [1.54, 1.807) is 12.1 Å². The first-order chi connectivity index (χ1) is 14.2. The number of rotatable bonds is 8. The molecule has 4 aliphatic carbocycles. The minimum Gasteiger partial charge on any atom is -0.465 e. The Balaban J connectivity index is 1.37. The molecule has 0 N–H and O–H groups in total. The highest BCUT2D eigenvalue weighted by Gasteiger charge is 2.49. The van der Waals surface area contributed by atoms with E-state index in [1.807, 2.05) is 32.9 Å². The molecule has 4 bridgehead atoms. The maximum atomic E-state index is 12.3. The SMILES string of the molecule is CCC(C)(C)C(=O)Oc1ccc(OC(OC2C3CC4CC(C3)CC2C4)C(C)C)cc1. The van der Waals surface area contributed by atoms with Gasteiger partial charge in [-0.25, -0.2) is 0 Å². The molecular formula is C26H38O4. The Labute approximate surface area is 181 Å². The molecule has 0 radical (unpaired) electrons. The number of hydrogen-bond donors (Lipinski definition) is 0. The number of ether oxygens (including phenoxy) is 3. The van der Waals surface area contributed by atoms with Gasteiger partial charge in [0, 0.05) is 5.92 Å². The second-order valence-corrected chi connectivity index (χ2v) is 10.9. The Bertz CT molecular complexity index is 708. The molecule has 0 saturated heterocycles. The van der Waals surface area contributed by atoms with Crippen LogP contribution in [0.1, 0.15) is 73.1 Å². The third-order valence-electron chi connectivity index (χ3n) is 7.70. The molecule has 4 saturated carbocycles. The first-order valence-corrected chi connectivity index (χ1v) is 11.9.